The number of benzene rings is 1. The van der Waals surface area contributed by atoms with E-state index in [2.05, 4.69) is 13.5 Å². The fourth-order valence-corrected chi connectivity index (χ4v) is 1.87. The van der Waals surface area contributed by atoms with Crippen LogP contribution in [0.5, 0.6) is 5.75 Å². The van der Waals surface area contributed by atoms with E-state index in [0.29, 0.717) is 11.7 Å². The Labute approximate surface area is 89.6 Å². The van der Waals surface area contributed by atoms with Gasteiger partial charge in [0.25, 0.3) is 0 Å². The van der Waals surface area contributed by atoms with Crippen molar-refractivity contribution in [2.45, 2.75) is 25.9 Å². The summed E-state index contributed by atoms with van der Waals surface area (Å²) < 4.78 is 18.8. The van der Waals surface area contributed by atoms with Crippen LogP contribution in [-0.4, -0.2) is 6.10 Å². The third-order valence-electron chi connectivity index (χ3n) is 2.82. The van der Waals surface area contributed by atoms with Crippen molar-refractivity contribution in [3.8, 4) is 5.75 Å². The van der Waals surface area contributed by atoms with Crippen molar-refractivity contribution in [3.63, 3.8) is 0 Å². The first kappa shape index (κ1) is 10.2. The van der Waals surface area contributed by atoms with E-state index in [4.69, 9.17) is 4.74 Å². The van der Waals surface area contributed by atoms with Gasteiger partial charge in [0.15, 0.2) is 0 Å². The van der Waals surface area contributed by atoms with Gasteiger partial charge in [-0.1, -0.05) is 19.6 Å². The third-order valence-corrected chi connectivity index (χ3v) is 2.82. The fraction of sp³-hybridized carbons (Fsp3) is 0.385. The minimum Gasteiger partial charge on any atom is -0.490 e. The van der Waals surface area contributed by atoms with Crippen LogP contribution in [0.3, 0.4) is 0 Å². The zero-order valence-electron chi connectivity index (χ0n) is 8.87. The molecule has 1 nitrogen and oxygen atoms in total. The molecule has 0 radical (unpaired) electrons. The molecule has 0 N–H and O–H groups in total. The first-order valence-electron chi connectivity index (χ1n) is 5.27. The Kier molecular flexibility index (Phi) is 2.76. The van der Waals surface area contributed by atoms with Crippen LogP contribution in [-0.2, 0) is 0 Å². The lowest BCUT2D eigenvalue weighted by Crippen LogP contribution is -2.31. The Bertz CT molecular complexity index is 367. The monoisotopic (exact) mass is 206 g/mol. The molecule has 80 valence electrons. The molecule has 15 heavy (non-hydrogen) atoms. The molecule has 2 heteroatoms. The molecule has 1 aromatic rings. The Morgan fingerprint density at radius 1 is 1.47 bits per heavy atom. The normalized spacial score (nSPS) is 24.4. The molecule has 0 amide bonds. The van der Waals surface area contributed by atoms with Crippen LogP contribution in [0.4, 0.5) is 4.39 Å². The van der Waals surface area contributed by atoms with E-state index in [1.165, 1.54) is 12.1 Å². The van der Waals surface area contributed by atoms with Gasteiger partial charge in [0.1, 0.15) is 11.6 Å². The number of hydrogen-bond acceptors (Lipinski definition) is 1. The maximum absolute atomic E-state index is 13.1. The number of rotatable bonds is 3. The SMILES string of the molecule is C=Cc1cc(OC2CC(C)C2)ccc1F. The average molecular weight is 206 g/mol. The lowest BCUT2D eigenvalue weighted by atomic mass is 9.84. The van der Waals surface area contributed by atoms with E-state index in [9.17, 15) is 4.39 Å². The molecular weight excluding hydrogens is 191 g/mol. The molecule has 1 aromatic carbocycles. The lowest BCUT2D eigenvalue weighted by molar-refractivity contribution is 0.0738. The molecule has 2 rings (SSSR count). The van der Waals surface area contributed by atoms with Crippen LogP contribution in [0.2, 0.25) is 0 Å². The predicted octanol–water partition coefficient (Wildman–Crippen LogP) is 3.65. The fourth-order valence-electron chi connectivity index (χ4n) is 1.87. The molecule has 0 saturated heterocycles. The summed E-state index contributed by atoms with van der Waals surface area (Å²) in [5.41, 5.74) is 0.500. The Morgan fingerprint density at radius 3 is 2.80 bits per heavy atom. The second kappa shape index (κ2) is 4.05. The van der Waals surface area contributed by atoms with Gasteiger partial charge >= 0.3 is 0 Å². The van der Waals surface area contributed by atoms with Crippen molar-refractivity contribution >= 4 is 6.08 Å². The predicted molar refractivity (Wildman–Crippen MR) is 59.3 cm³/mol. The average Bonchev–Trinajstić information content (AvgIpc) is 2.18. The van der Waals surface area contributed by atoms with Crippen molar-refractivity contribution in [2.75, 3.05) is 0 Å². The van der Waals surface area contributed by atoms with Crippen LogP contribution in [0, 0.1) is 11.7 Å². The van der Waals surface area contributed by atoms with Crippen molar-refractivity contribution < 1.29 is 9.13 Å². The van der Waals surface area contributed by atoms with Gasteiger partial charge in [0.2, 0.25) is 0 Å². The van der Waals surface area contributed by atoms with Crippen molar-refractivity contribution in [2.24, 2.45) is 5.92 Å². The van der Waals surface area contributed by atoms with Gasteiger partial charge in [-0.15, -0.1) is 0 Å². The van der Waals surface area contributed by atoms with Crippen molar-refractivity contribution in [1.29, 1.82) is 0 Å². The zero-order valence-corrected chi connectivity index (χ0v) is 8.87. The molecule has 0 aliphatic heterocycles. The smallest absolute Gasteiger partial charge is 0.130 e. The van der Waals surface area contributed by atoms with Crippen molar-refractivity contribution in [3.05, 3.63) is 36.2 Å². The Morgan fingerprint density at radius 2 is 2.20 bits per heavy atom. The van der Waals surface area contributed by atoms with Gasteiger partial charge in [-0.2, -0.15) is 0 Å². The topological polar surface area (TPSA) is 9.23 Å². The molecule has 1 saturated carbocycles. The lowest BCUT2D eigenvalue weighted by Gasteiger charge is -2.32. The highest BCUT2D eigenvalue weighted by molar-refractivity contribution is 5.50. The van der Waals surface area contributed by atoms with Gasteiger partial charge in [-0.25, -0.2) is 4.39 Å². The maximum Gasteiger partial charge on any atom is 0.130 e. The number of ether oxygens (including phenoxy) is 1. The summed E-state index contributed by atoms with van der Waals surface area (Å²) in [6.07, 6.45) is 4.01. The van der Waals surface area contributed by atoms with Crippen molar-refractivity contribution in [1.82, 2.24) is 0 Å². The van der Waals surface area contributed by atoms with E-state index < -0.39 is 0 Å². The molecule has 1 aliphatic carbocycles. The molecule has 1 aliphatic rings. The summed E-state index contributed by atoms with van der Waals surface area (Å²) in [6, 6.07) is 4.80. The van der Waals surface area contributed by atoms with Crippen LogP contribution >= 0.6 is 0 Å². The number of halogens is 1. The van der Waals surface area contributed by atoms with Gasteiger partial charge in [-0.3, -0.25) is 0 Å². The molecule has 0 spiro atoms. The van der Waals surface area contributed by atoms with Crippen LogP contribution in [0.1, 0.15) is 25.3 Å². The van der Waals surface area contributed by atoms with Gasteiger partial charge in [-0.05, 0) is 37.0 Å². The second-order valence-electron chi connectivity index (χ2n) is 4.20. The molecular formula is C13H15FO. The van der Waals surface area contributed by atoms with E-state index >= 15 is 0 Å². The highest BCUT2D eigenvalue weighted by Crippen LogP contribution is 2.31. The summed E-state index contributed by atoms with van der Waals surface area (Å²) in [7, 11) is 0. The molecule has 0 unspecified atom stereocenters. The standard InChI is InChI=1S/C13H15FO/c1-3-10-8-11(4-5-13(10)14)15-12-6-9(2)7-12/h3-5,8-9,12H,1,6-7H2,2H3. The van der Waals surface area contributed by atoms with E-state index in [0.717, 1.165) is 24.5 Å². The minimum absolute atomic E-state index is 0.251. The Hall–Kier alpha value is -1.31. The summed E-state index contributed by atoms with van der Waals surface area (Å²) in [6.45, 7) is 5.77. The summed E-state index contributed by atoms with van der Waals surface area (Å²) in [4.78, 5) is 0. The molecule has 1 fully saturated rings. The first-order valence-corrected chi connectivity index (χ1v) is 5.27. The van der Waals surface area contributed by atoms with E-state index in [1.54, 1.807) is 12.1 Å². The first-order chi connectivity index (χ1) is 7.19. The summed E-state index contributed by atoms with van der Waals surface area (Å²) >= 11 is 0. The Balaban J connectivity index is 2.05. The summed E-state index contributed by atoms with van der Waals surface area (Å²) in [5, 5.41) is 0. The third kappa shape index (κ3) is 2.20. The largest absolute Gasteiger partial charge is 0.490 e. The molecule has 0 aromatic heterocycles. The zero-order chi connectivity index (χ0) is 10.8. The molecule has 0 heterocycles. The van der Waals surface area contributed by atoms with Crippen LogP contribution in [0.25, 0.3) is 6.08 Å². The quantitative estimate of drug-likeness (QED) is 0.733. The maximum atomic E-state index is 13.1. The summed E-state index contributed by atoms with van der Waals surface area (Å²) in [5.74, 6) is 1.25. The van der Waals surface area contributed by atoms with Gasteiger partial charge < -0.3 is 4.74 Å². The van der Waals surface area contributed by atoms with E-state index in [-0.39, 0.29) is 5.82 Å². The van der Waals surface area contributed by atoms with Crippen LogP contribution < -0.4 is 4.74 Å². The highest BCUT2D eigenvalue weighted by Gasteiger charge is 2.26. The highest BCUT2D eigenvalue weighted by atomic mass is 19.1. The molecule has 0 atom stereocenters. The van der Waals surface area contributed by atoms with Crippen LogP contribution in [0.15, 0.2) is 24.8 Å². The van der Waals surface area contributed by atoms with E-state index in [1.807, 2.05) is 0 Å². The molecule has 0 bridgehead atoms. The van der Waals surface area contributed by atoms with Gasteiger partial charge in [0, 0.05) is 5.56 Å². The second-order valence-corrected chi connectivity index (χ2v) is 4.20. The minimum atomic E-state index is -0.251. The van der Waals surface area contributed by atoms with Gasteiger partial charge in [0.05, 0.1) is 6.10 Å². The number of hydrogen-bond donors (Lipinski definition) is 0.